The van der Waals surface area contributed by atoms with E-state index in [0.717, 1.165) is 18.5 Å². The average Bonchev–Trinajstić information content (AvgIpc) is 2.87. The number of nitrogens with one attached hydrogen (secondary N) is 1. The van der Waals surface area contributed by atoms with Gasteiger partial charge in [-0.2, -0.15) is 0 Å². The number of anilines is 1. The van der Waals surface area contributed by atoms with Crippen molar-refractivity contribution in [1.82, 2.24) is 5.32 Å². The number of para-hydroxylation sites is 1. The number of alkyl halides is 2. The molecule has 22 heavy (non-hydrogen) atoms. The Morgan fingerprint density at radius 3 is 2.73 bits per heavy atom. The number of halogens is 2. The van der Waals surface area contributed by atoms with E-state index >= 15 is 0 Å². The zero-order valence-corrected chi connectivity index (χ0v) is 14.1. The number of hydrogen-bond donors (Lipinski definition) is 1. The van der Waals surface area contributed by atoms with Gasteiger partial charge in [0.15, 0.2) is 0 Å². The Morgan fingerprint density at radius 2 is 2.09 bits per heavy atom. The predicted octanol–water partition coefficient (Wildman–Crippen LogP) is 3.56. The molecular weight excluding hydrogens is 319 g/mol. The lowest BCUT2D eigenvalue weighted by atomic mass is 10.1. The first-order chi connectivity index (χ1) is 10.7. The van der Waals surface area contributed by atoms with E-state index in [1.807, 2.05) is 41.3 Å². The summed E-state index contributed by atoms with van der Waals surface area (Å²) in [6.45, 7) is 4.45. The van der Waals surface area contributed by atoms with E-state index in [0.29, 0.717) is 18.8 Å². The SMILES string of the molecule is C=CCN[C@@H]1CC(Cl)C[C@H]1N(C(=O)CCCl)c1ccccc1. The Hall–Kier alpha value is -1.03. The maximum Gasteiger partial charge on any atom is 0.228 e. The normalized spacial score (nSPS) is 24.2. The highest BCUT2D eigenvalue weighted by molar-refractivity contribution is 6.21. The molecule has 0 aliphatic heterocycles. The molecule has 0 saturated heterocycles. The second kappa shape index (κ2) is 8.56. The molecule has 0 bridgehead atoms. The summed E-state index contributed by atoms with van der Waals surface area (Å²) in [5.41, 5.74) is 0.902. The van der Waals surface area contributed by atoms with Crippen LogP contribution in [0.2, 0.25) is 0 Å². The highest BCUT2D eigenvalue weighted by atomic mass is 35.5. The number of benzene rings is 1. The highest BCUT2D eigenvalue weighted by Crippen LogP contribution is 2.32. The van der Waals surface area contributed by atoms with Crippen molar-refractivity contribution < 1.29 is 4.79 Å². The fourth-order valence-electron chi connectivity index (χ4n) is 3.00. The summed E-state index contributed by atoms with van der Waals surface area (Å²) in [6.07, 6.45) is 3.77. The molecule has 1 aromatic carbocycles. The van der Waals surface area contributed by atoms with Crippen LogP contribution in [0, 0.1) is 0 Å². The summed E-state index contributed by atoms with van der Waals surface area (Å²) in [5.74, 6) is 0.367. The van der Waals surface area contributed by atoms with Gasteiger partial charge in [0.05, 0.1) is 6.04 Å². The van der Waals surface area contributed by atoms with Crippen LogP contribution in [0.15, 0.2) is 43.0 Å². The maximum atomic E-state index is 12.6. The van der Waals surface area contributed by atoms with Crippen LogP contribution in [0.1, 0.15) is 19.3 Å². The molecule has 5 heteroatoms. The second-order valence-electron chi connectivity index (χ2n) is 5.48. The first-order valence-electron chi connectivity index (χ1n) is 7.58. The molecule has 1 fully saturated rings. The molecule has 3 nitrogen and oxygen atoms in total. The molecule has 1 aliphatic rings. The molecule has 1 N–H and O–H groups in total. The highest BCUT2D eigenvalue weighted by Gasteiger charge is 2.39. The maximum absolute atomic E-state index is 12.6. The van der Waals surface area contributed by atoms with Gasteiger partial charge in [0, 0.05) is 36.0 Å². The van der Waals surface area contributed by atoms with Gasteiger partial charge in [-0.05, 0) is 25.0 Å². The molecule has 1 amide bonds. The van der Waals surface area contributed by atoms with Crippen molar-refractivity contribution in [1.29, 1.82) is 0 Å². The molecule has 0 heterocycles. The van der Waals surface area contributed by atoms with Crippen molar-refractivity contribution in [2.45, 2.75) is 36.7 Å². The van der Waals surface area contributed by atoms with Gasteiger partial charge < -0.3 is 10.2 Å². The van der Waals surface area contributed by atoms with Crippen LogP contribution >= 0.6 is 23.2 Å². The molecule has 1 aliphatic carbocycles. The summed E-state index contributed by atoms with van der Waals surface area (Å²) in [4.78, 5) is 14.5. The Morgan fingerprint density at radius 1 is 1.36 bits per heavy atom. The number of hydrogen-bond acceptors (Lipinski definition) is 2. The van der Waals surface area contributed by atoms with E-state index in [4.69, 9.17) is 23.2 Å². The van der Waals surface area contributed by atoms with Crippen molar-refractivity contribution in [3.8, 4) is 0 Å². The van der Waals surface area contributed by atoms with Gasteiger partial charge in [-0.1, -0.05) is 24.3 Å². The molecule has 0 spiro atoms. The van der Waals surface area contributed by atoms with Crippen LogP contribution in [-0.2, 0) is 4.79 Å². The molecule has 2 rings (SSSR count). The minimum Gasteiger partial charge on any atom is -0.308 e. The fraction of sp³-hybridized carbons (Fsp3) is 0.471. The third-order valence-electron chi connectivity index (χ3n) is 3.94. The Balaban J connectivity index is 2.26. The smallest absolute Gasteiger partial charge is 0.228 e. The molecule has 0 aromatic heterocycles. The summed E-state index contributed by atoms with van der Waals surface area (Å²) >= 11 is 12.1. The fourth-order valence-corrected chi connectivity index (χ4v) is 3.54. The van der Waals surface area contributed by atoms with Gasteiger partial charge >= 0.3 is 0 Å². The molecule has 3 atom stereocenters. The van der Waals surface area contributed by atoms with Crippen LogP contribution < -0.4 is 10.2 Å². The molecule has 1 aromatic rings. The average molecular weight is 341 g/mol. The Kier molecular flexibility index (Phi) is 6.74. The van der Waals surface area contributed by atoms with Crippen molar-refractivity contribution >= 4 is 34.8 Å². The molecule has 120 valence electrons. The quantitative estimate of drug-likeness (QED) is 0.608. The van der Waals surface area contributed by atoms with Crippen molar-refractivity contribution in [3.05, 3.63) is 43.0 Å². The number of nitrogens with zero attached hydrogens (tertiary/aromatic N) is 1. The Bertz CT molecular complexity index is 495. The van der Waals surface area contributed by atoms with Crippen molar-refractivity contribution in [3.63, 3.8) is 0 Å². The van der Waals surface area contributed by atoms with Crippen molar-refractivity contribution in [2.75, 3.05) is 17.3 Å². The summed E-state index contributed by atoms with van der Waals surface area (Å²) < 4.78 is 0. The first-order valence-corrected chi connectivity index (χ1v) is 8.56. The zero-order valence-electron chi connectivity index (χ0n) is 12.6. The van der Waals surface area contributed by atoms with Crippen LogP contribution in [-0.4, -0.2) is 35.8 Å². The van der Waals surface area contributed by atoms with Gasteiger partial charge in [-0.3, -0.25) is 4.79 Å². The summed E-state index contributed by atoms with van der Waals surface area (Å²) in [7, 11) is 0. The van der Waals surface area contributed by atoms with Crippen molar-refractivity contribution in [2.24, 2.45) is 0 Å². The van der Waals surface area contributed by atoms with E-state index in [1.54, 1.807) is 0 Å². The van der Waals surface area contributed by atoms with Gasteiger partial charge in [0.1, 0.15) is 0 Å². The minimum atomic E-state index is 0.0422. The van der Waals surface area contributed by atoms with Gasteiger partial charge in [-0.15, -0.1) is 29.8 Å². The lowest BCUT2D eigenvalue weighted by molar-refractivity contribution is -0.118. The van der Waals surface area contributed by atoms with E-state index < -0.39 is 0 Å². The lowest BCUT2D eigenvalue weighted by Gasteiger charge is -2.33. The molecule has 1 saturated carbocycles. The second-order valence-corrected chi connectivity index (χ2v) is 6.47. The van der Waals surface area contributed by atoms with E-state index in [2.05, 4.69) is 11.9 Å². The van der Waals surface area contributed by atoms with Crippen LogP contribution in [0.4, 0.5) is 5.69 Å². The minimum absolute atomic E-state index is 0.0422. The third-order valence-corrected chi connectivity index (χ3v) is 4.48. The topological polar surface area (TPSA) is 32.3 Å². The summed E-state index contributed by atoms with van der Waals surface area (Å²) in [5, 5.41) is 3.50. The van der Waals surface area contributed by atoms with E-state index in [9.17, 15) is 4.79 Å². The van der Waals surface area contributed by atoms with Crippen LogP contribution in [0.5, 0.6) is 0 Å². The van der Waals surface area contributed by atoms with Crippen LogP contribution in [0.25, 0.3) is 0 Å². The van der Waals surface area contributed by atoms with Crippen LogP contribution in [0.3, 0.4) is 0 Å². The first kappa shape index (κ1) is 17.3. The summed E-state index contributed by atoms with van der Waals surface area (Å²) in [6, 6.07) is 9.95. The Labute approximate surface area is 142 Å². The number of rotatable bonds is 7. The molecule has 1 unspecified atom stereocenters. The zero-order chi connectivity index (χ0) is 15.9. The van der Waals surface area contributed by atoms with E-state index in [-0.39, 0.29) is 23.4 Å². The number of amides is 1. The molecular formula is C17H22Cl2N2O. The largest absolute Gasteiger partial charge is 0.308 e. The van der Waals surface area contributed by atoms with Gasteiger partial charge in [0.2, 0.25) is 5.91 Å². The van der Waals surface area contributed by atoms with E-state index in [1.165, 1.54) is 0 Å². The molecule has 0 radical (unpaired) electrons. The lowest BCUT2D eigenvalue weighted by Crippen LogP contribution is -2.50. The number of carbonyl (C=O) groups is 1. The van der Waals surface area contributed by atoms with Gasteiger partial charge in [0.25, 0.3) is 0 Å². The van der Waals surface area contributed by atoms with Gasteiger partial charge in [-0.25, -0.2) is 0 Å². The monoisotopic (exact) mass is 340 g/mol. The third kappa shape index (κ3) is 4.25. The standard InChI is InChI=1S/C17H22Cl2N2O/c1-2-10-20-15-11-13(19)12-16(15)21(17(22)8-9-18)14-6-4-3-5-7-14/h2-7,13,15-16,20H,1,8-12H2/t13?,15-,16-/m1/s1. The predicted molar refractivity (Wildman–Crippen MR) is 93.9 cm³/mol. The number of carbonyl (C=O) groups excluding carboxylic acids is 1.